The van der Waals surface area contributed by atoms with Gasteiger partial charge in [0, 0.05) is 17.1 Å². The number of anilines is 1. The molecule has 114 valence electrons. The number of nitrogens with zero attached hydrogens (tertiary/aromatic N) is 1. The molecule has 1 aromatic carbocycles. The van der Waals surface area contributed by atoms with Gasteiger partial charge < -0.3 is 10.7 Å². The molecule has 0 aliphatic carbocycles. The third-order valence-electron chi connectivity index (χ3n) is 3.59. The van der Waals surface area contributed by atoms with E-state index in [0.29, 0.717) is 23.0 Å². The predicted molar refractivity (Wildman–Crippen MR) is 84.9 cm³/mol. The highest BCUT2D eigenvalue weighted by molar-refractivity contribution is 6.33. The Morgan fingerprint density at radius 1 is 1.23 bits per heavy atom. The van der Waals surface area contributed by atoms with Gasteiger partial charge in [0.15, 0.2) is 11.6 Å². The maximum atomic E-state index is 14.6. The van der Waals surface area contributed by atoms with E-state index in [1.165, 1.54) is 6.07 Å². The summed E-state index contributed by atoms with van der Waals surface area (Å²) in [4.78, 5) is 7.00. The maximum absolute atomic E-state index is 14.6. The minimum atomic E-state index is -0.797. The van der Waals surface area contributed by atoms with E-state index in [0.717, 1.165) is 6.42 Å². The summed E-state index contributed by atoms with van der Waals surface area (Å²) in [5.41, 5.74) is 6.26. The van der Waals surface area contributed by atoms with Gasteiger partial charge in [-0.1, -0.05) is 31.0 Å². The largest absolute Gasteiger partial charge is 0.395 e. The molecule has 3 N–H and O–H groups in total. The van der Waals surface area contributed by atoms with E-state index < -0.39 is 11.6 Å². The smallest absolute Gasteiger partial charge is 0.173 e. The molecule has 3 nitrogen and oxygen atoms in total. The van der Waals surface area contributed by atoms with Gasteiger partial charge >= 0.3 is 0 Å². The number of rotatable bonds is 3. The molecule has 0 saturated carbocycles. The lowest BCUT2D eigenvalue weighted by Crippen LogP contribution is -2.04. The van der Waals surface area contributed by atoms with Gasteiger partial charge in [-0.05, 0) is 18.6 Å². The monoisotopic (exact) mass is 321 g/mol. The Kier molecular flexibility index (Phi) is 3.74. The van der Waals surface area contributed by atoms with Crippen LogP contribution in [0.5, 0.6) is 0 Å². The topological polar surface area (TPSA) is 54.7 Å². The molecule has 3 rings (SSSR count). The number of aromatic nitrogens is 2. The zero-order valence-corrected chi connectivity index (χ0v) is 12.6. The van der Waals surface area contributed by atoms with Crippen molar-refractivity contribution in [1.29, 1.82) is 0 Å². The number of nitrogens with one attached hydrogen (secondary N) is 1. The molecule has 2 heterocycles. The highest BCUT2D eigenvalue weighted by atomic mass is 35.5. The van der Waals surface area contributed by atoms with Crippen molar-refractivity contribution in [3.05, 3.63) is 46.7 Å². The van der Waals surface area contributed by atoms with Gasteiger partial charge in [-0.25, -0.2) is 13.8 Å². The van der Waals surface area contributed by atoms with Gasteiger partial charge in [-0.15, -0.1) is 0 Å². The van der Waals surface area contributed by atoms with Gasteiger partial charge in [-0.3, -0.25) is 0 Å². The summed E-state index contributed by atoms with van der Waals surface area (Å²) in [7, 11) is 0. The summed E-state index contributed by atoms with van der Waals surface area (Å²) in [5.74, 6) is -1.35. The number of H-pyrrole nitrogens is 1. The lowest BCUT2D eigenvalue weighted by molar-refractivity contribution is 0.616. The van der Waals surface area contributed by atoms with Gasteiger partial charge in [0.1, 0.15) is 5.69 Å². The molecule has 0 bridgehead atoms. The number of benzene rings is 1. The normalized spacial score (nSPS) is 11.3. The molecule has 22 heavy (non-hydrogen) atoms. The van der Waals surface area contributed by atoms with Crippen LogP contribution >= 0.6 is 11.6 Å². The highest BCUT2D eigenvalue weighted by Gasteiger charge is 2.21. The number of nitrogen functional groups attached to an aromatic ring is 1. The first-order valence-electron chi connectivity index (χ1n) is 6.93. The van der Waals surface area contributed by atoms with Crippen LogP contribution in [0.2, 0.25) is 5.02 Å². The summed E-state index contributed by atoms with van der Waals surface area (Å²) >= 11 is 6.03. The van der Waals surface area contributed by atoms with E-state index in [2.05, 4.69) is 9.97 Å². The minimum Gasteiger partial charge on any atom is -0.395 e. The van der Waals surface area contributed by atoms with Gasteiger partial charge in [0.25, 0.3) is 0 Å². The summed E-state index contributed by atoms with van der Waals surface area (Å²) in [6, 6.07) is 4.94. The molecule has 0 aliphatic heterocycles. The molecule has 0 unspecified atom stereocenters. The standard InChI is InChI=1S/C16H14ClF2N3/c1-2-3-10-11(17)14(20)13(19)16(22-10)9-5-4-8-6-7-21-15(8)12(9)18/h4-7,21H,2-3H2,1H3,(H2,20,22). The van der Waals surface area contributed by atoms with Crippen LogP contribution < -0.4 is 5.73 Å². The van der Waals surface area contributed by atoms with Crippen molar-refractivity contribution in [3.8, 4) is 11.3 Å². The maximum Gasteiger partial charge on any atom is 0.173 e. The molecular formula is C16H14ClF2N3. The first-order chi connectivity index (χ1) is 10.5. The van der Waals surface area contributed by atoms with Crippen molar-refractivity contribution in [1.82, 2.24) is 9.97 Å². The fourth-order valence-corrected chi connectivity index (χ4v) is 2.69. The molecule has 3 aromatic rings. The second-order valence-electron chi connectivity index (χ2n) is 5.07. The van der Waals surface area contributed by atoms with Crippen LogP contribution in [0.25, 0.3) is 22.2 Å². The molecule has 0 atom stereocenters. The number of aryl methyl sites for hydroxylation is 1. The Hall–Kier alpha value is -2.14. The van der Waals surface area contributed by atoms with Crippen LogP contribution in [0.4, 0.5) is 14.5 Å². The number of hydrogen-bond donors (Lipinski definition) is 2. The van der Waals surface area contributed by atoms with Crippen LogP contribution in [0, 0.1) is 11.6 Å². The van der Waals surface area contributed by atoms with Crippen molar-refractivity contribution in [2.75, 3.05) is 5.73 Å². The van der Waals surface area contributed by atoms with Gasteiger partial charge in [0.05, 0.1) is 21.9 Å². The van der Waals surface area contributed by atoms with E-state index in [9.17, 15) is 8.78 Å². The van der Waals surface area contributed by atoms with Crippen LogP contribution in [0.15, 0.2) is 24.4 Å². The first-order valence-corrected chi connectivity index (χ1v) is 7.31. The van der Waals surface area contributed by atoms with Crippen LogP contribution in [-0.2, 0) is 6.42 Å². The lowest BCUT2D eigenvalue weighted by atomic mass is 10.1. The van der Waals surface area contributed by atoms with Crippen LogP contribution in [0.3, 0.4) is 0 Å². The fourth-order valence-electron chi connectivity index (χ4n) is 2.47. The van der Waals surface area contributed by atoms with E-state index in [4.69, 9.17) is 17.3 Å². The number of fused-ring (bicyclic) bond motifs is 1. The fraction of sp³-hybridized carbons (Fsp3) is 0.188. The van der Waals surface area contributed by atoms with E-state index in [-0.39, 0.29) is 22.0 Å². The Morgan fingerprint density at radius 2 is 2.00 bits per heavy atom. The molecule has 0 radical (unpaired) electrons. The van der Waals surface area contributed by atoms with Gasteiger partial charge in [0.2, 0.25) is 0 Å². The van der Waals surface area contributed by atoms with Crippen molar-refractivity contribution in [2.45, 2.75) is 19.8 Å². The summed E-state index contributed by atoms with van der Waals surface area (Å²) in [5, 5.41) is 0.807. The lowest BCUT2D eigenvalue weighted by Gasteiger charge is -2.12. The SMILES string of the molecule is CCCc1nc(-c2ccc3cc[nH]c3c2F)c(F)c(N)c1Cl. The molecule has 0 aliphatic rings. The van der Waals surface area contributed by atoms with Crippen molar-refractivity contribution < 1.29 is 8.78 Å². The molecule has 2 aromatic heterocycles. The Bertz CT molecular complexity index is 858. The molecular weight excluding hydrogens is 308 g/mol. The second kappa shape index (κ2) is 5.57. The number of hydrogen-bond acceptors (Lipinski definition) is 2. The first kappa shape index (κ1) is 14.8. The minimum absolute atomic E-state index is 0.0631. The number of nitrogens with two attached hydrogens (primary N) is 1. The molecule has 0 amide bonds. The summed E-state index contributed by atoms with van der Waals surface area (Å²) in [6.45, 7) is 1.95. The average Bonchev–Trinajstić information content (AvgIpc) is 2.98. The van der Waals surface area contributed by atoms with E-state index in [1.54, 1.807) is 18.3 Å². The summed E-state index contributed by atoms with van der Waals surface area (Å²) in [6.07, 6.45) is 2.94. The third-order valence-corrected chi connectivity index (χ3v) is 4.01. The third kappa shape index (κ3) is 2.22. The van der Waals surface area contributed by atoms with Crippen molar-refractivity contribution in [3.63, 3.8) is 0 Å². The van der Waals surface area contributed by atoms with Gasteiger partial charge in [-0.2, -0.15) is 0 Å². The number of pyridine rings is 1. The van der Waals surface area contributed by atoms with Crippen molar-refractivity contribution >= 4 is 28.2 Å². The number of aromatic amines is 1. The molecule has 0 fully saturated rings. The van der Waals surface area contributed by atoms with Crippen LogP contribution in [-0.4, -0.2) is 9.97 Å². The zero-order valence-electron chi connectivity index (χ0n) is 11.9. The van der Waals surface area contributed by atoms with Crippen LogP contribution in [0.1, 0.15) is 19.0 Å². The molecule has 0 saturated heterocycles. The quantitative estimate of drug-likeness (QED) is 0.735. The molecule has 6 heteroatoms. The predicted octanol–water partition coefficient (Wildman–Crippen LogP) is 4.70. The number of halogens is 3. The summed E-state index contributed by atoms with van der Waals surface area (Å²) < 4.78 is 29.0. The zero-order chi connectivity index (χ0) is 15.9. The van der Waals surface area contributed by atoms with E-state index >= 15 is 0 Å². The second-order valence-corrected chi connectivity index (χ2v) is 5.45. The Labute approximate surface area is 131 Å². The van der Waals surface area contributed by atoms with E-state index in [1.807, 2.05) is 6.92 Å². The van der Waals surface area contributed by atoms with Crippen molar-refractivity contribution in [2.24, 2.45) is 0 Å². The average molecular weight is 322 g/mol. The Morgan fingerprint density at radius 3 is 2.73 bits per heavy atom. The Balaban J connectivity index is 2.27. The highest BCUT2D eigenvalue weighted by Crippen LogP contribution is 2.35. The molecule has 0 spiro atoms.